The summed E-state index contributed by atoms with van der Waals surface area (Å²) >= 11 is 0. The molecule has 0 aromatic heterocycles. The van der Waals surface area contributed by atoms with E-state index in [2.05, 4.69) is 26.1 Å². The van der Waals surface area contributed by atoms with Gasteiger partial charge in [-0.05, 0) is 11.8 Å². The van der Waals surface area contributed by atoms with Crippen LogP contribution in [0.1, 0.15) is 48.0 Å². The van der Waals surface area contributed by atoms with Gasteiger partial charge in [-0.25, -0.2) is 0 Å². The van der Waals surface area contributed by atoms with Crippen LogP contribution in [0.25, 0.3) is 0 Å². The minimum Gasteiger partial charge on any atom is -0.355 e. The van der Waals surface area contributed by atoms with Crippen molar-refractivity contribution in [1.82, 2.24) is 15.1 Å². The zero-order chi connectivity index (χ0) is 18.5. The second-order valence-corrected chi connectivity index (χ2v) is 8.15. The third-order valence-corrected chi connectivity index (χ3v) is 4.41. The molecule has 0 aliphatic carbocycles. The summed E-state index contributed by atoms with van der Waals surface area (Å²) in [7, 11) is 0. The number of rotatable bonds is 5. The minimum absolute atomic E-state index is 0.00553. The van der Waals surface area contributed by atoms with Gasteiger partial charge in [-0.2, -0.15) is 0 Å². The Bertz CT molecular complexity index is 463. The van der Waals surface area contributed by atoms with Crippen molar-refractivity contribution >= 4 is 17.7 Å². The molecule has 3 amide bonds. The van der Waals surface area contributed by atoms with Crippen molar-refractivity contribution in [1.29, 1.82) is 0 Å². The average molecular weight is 339 g/mol. The van der Waals surface area contributed by atoms with Crippen LogP contribution in [0, 0.1) is 17.3 Å². The fraction of sp³-hybridized carbons (Fsp3) is 0.833. The highest BCUT2D eigenvalue weighted by atomic mass is 16.2. The molecule has 1 fully saturated rings. The van der Waals surface area contributed by atoms with E-state index in [1.54, 1.807) is 11.8 Å². The predicted octanol–water partition coefficient (Wildman–Crippen LogP) is 1.50. The lowest BCUT2D eigenvalue weighted by Crippen LogP contribution is -2.51. The normalized spacial score (nSPS) is 18.1. The second-order valence-electron chi connectivity index (χ2n) is 8.15. The monoisotopic (exact) mass is 339 g/mol. The number of piperazine rings is 1. The number of amides is 3. The van der Waals surface area contributed by atoms with Crippen LogP contribution in [0.4, 0.5) is 0 Å². The number of hydrogen-bond donors (Lipinski definition) is 1. The molecule has 2 atom stereocenters. The quantitative estimate of drug-likeness (QED) is 0.825. The number of hydrogen-bond acceptors (Lipinski definition) is 3. The van der Waals surface area contributed by atoms with E-state index in [1.165, 1.54) is 0 Å². The lowest BCUT2D eigenvalue weighted by atomic mass is 9.93. The van der Waals surface area contributed by atoms with Crippen LogP contribution in [0.15, 0.2) is 0 Å². The summed E-state index contributed by atoms with van der Waals surface area (Å²) in [5, 5.41) is 2.96. The Labute approximate surface area is 145 Å². The predicted molar refractivity (Wildman–Crippen MR) is 94.2 cm³/mol. The third kappa shape index (κ3) is 6.49. The molecule has 138 valence electrons. The molecular formula is C18H33N3O3. The number of carbonyl (C=O) groups is 3. The van der Waals surface area contributed by atoms with Gasteiger partial charge in [-0.3, -0.25) is 14.4 Å². The molecule has 0 radical (unpaired) electrons. The molecule has 0 bridgehead atoms. The van der Waals surface area contributed by atoms with Crippen LogP contribution in [0.5, 0.6) is 0 Å². The molecule has 1 aliphatic rings. The van der Waals surface area contributed by atoms with Gasteiger partial charge in [0.25, 0.3) is 0 Å². The van der Waals surface area contributed by atoms with Crippen LogP contribution < -0.4 is 5.32 Å². The molecule has 0 spiro atoms. The fourth-order valence-electron chi connectivity index (χ4n) is 2.82. The first-order chi connectivity index (χ1) is 11.0. The number of nitrogens with zero attached hydrogens (tertiary/aromatic N) is 2. The Morgan fingerprint density at radius 2 is 1.46 bits per heavy atom. The van der Waals surface area contributed by atoms with E-state index in [1.807, 2.05) is 18.7 Å². The van der Waals surface area contributed by atoms with Crippen LogP contribution in [0.3, 0.4) is 0 Å². The van der Waals surface area contributed by atoms with Crippen molar-refractivity contribution in [3.8, 4) is 0 Å². The van der Waals surface area contributed by atoms with Gasteiger partial charge in [0.2, 0.25) is 17.7 Å². The number of nitrogens with one attached hydrogen (secondary N) is 1. The van der Waals surface area contributed by atoms with Gasteiger partial charge in [0.1, 0.15) is 0 Å². The van der Waals surface area contributed by atoms with Crippen molar-refractivity contribution in [2.45, 2.75) is 48.0 Å². The van der Waals surface area contributed by atoms with Crippen LogP contribution in [-0.2, 0) is 14.4 Å². The summed E-state index contributed by atoms with van der Waals surface area (Å²) in [6.07, 6.45) is 0.543. The molecule has 1 rings (SSSR count). The number of carbonyl (C=O) groups excluding carboxylic acids is 3. The molecule has 0 aromatic rings. The summed E-state index contributed by atoms with van der Waals surface area (Å²) < 4.78 is 0. The van der Waals surface area contributed by atoms with Gasteiger partial charge in [0, 0.05) is 51.5 Å². The van der Waals surface area contributed by atoms with Crippen LogP contribution in [0.2, 0.25) is 0 Å². The molecule has 1 heterocycles. The minimum atomic E-state index is -0.190. The molecular weight excluding hydrogens is 306 g/mol. The van der Waals surface area contributed by atoms with E-state index in [-0.39, 0.29) is 35.0 Å². The van der Waals surface area contributed by atoms with Gasteiger partial charge in [-0.15, -0.1) is 0 Å². The first-order valence-corrected chi connectivity index (χ1v) is 8.83. The highest BCUT2D eigenvalue weighted by Gasteiger charge is 2.28. The lowest BCUT2D eigenvalue weighted by Gasteiger charge is -2.35. The molecule has 6 heteroatoms. The SMILES string of the molecule is CC(=O)N1CCN(C(=O)C(C)CC(C)C(=O)NCC(C)(C)C)CC1. The third-order valence-electron chi connectivity index (χ3n) is 4.41. The van der Waals surface area contributed by atoms with Crippen molar-refractivity contribution in [3.05, 3.63) is 0 Å². The van der Waals surface area contributed by atoms with E-state index < -0.39 is 0 Å². The molecule has 1 aliphatic heterocycles. The van der Waals surface area contributed by atoms with Gasteiger partial charge in [0.15, 0.2) is 0 Å². The summed E-state index contributed by atoms with van der Waals surface area (Å²) in [6.45, 7) is 14.5. The van der Waals surface area contributed by atoms with Crippen LogP contribution in [-0.4, -0.2) is 60.2 Å². The van der Waals surface area contributed by atoms with Gasteiger partial charge >= 0.3 is 0 Å². The lowest BCUT2D eigenvalue weighted by molar-refractivity contribution is -0.141. The van der Waals surface area contributed by atoms with Crippen molar-refractivity contribution in [2.75, 3.05) is 32.7 Å². The standard InChI is InChI=1S/C18H33N3O3/c1-13(16(23)19-12-18(4,5)6)11-14(2)17(24)21-9-7-20(8-10-21)15(3)22/h13-14H,7-12H2,1-6H3,(H,19,23). The molecule has 0 saturated carbocycles. The van der Waals surface area contributed by atoms with E-state index in [9.17, 15) is 14.4 Å². The first-order valence-electron chi connectivity index (χ1n) is 8.83. The molecule has 0 aromatic carbocycles. The molecule has 2 unspecified atom stereocenters. The van der Waals surface area contributed by atoms with Crippen LogP contribution >= 0.6 is 0 Å². The highest BCUT2D eigenvalue weighted by Crippen LogP contribution is 2.17. The molecule has 1 N–H and O–H groups in total. The second kappa shape index (κ2) is 8.49. The Morgan fingerprint density at radius 1 is 0.958 bits per heavy atom. The van der Waals surface area contributed by atoms with Crippen molar-refractivity contribution in [2.24, 2.45) is 17.3 Å². The van der Waals surface area contributed by atoms with E-state index in [0.29, 0.717) is 39.1 Å². The van der Waals surface area contributed by atoms with E-state index in [4.69, 9.17) is 0 Å². The van der Waals surface area contributed by atoms with Gasteiger partial charge < -0.3 is 15.1 Å². The average Bonchev–Trinajstić information content (AvgIpc) is 2.50. The van der Waals surface area contributed by atoms with Crippen molar-refractivity contribution in [3.63, 3.8) is 0 Å². The fourth-order valence-corrected chi connectivity index (χ4v) is 2.82. The zero-order valence-electron chi connectivity index (χ0n) is 16.0. The summed E-state index contributed by atoms with van der Waals surface area (Å²) in [4.78, 5) is 39.6. The Hall–Kier alpha value is -1.59. The van der Waals surface area contributed by atoms with E-state index >= 15 is 0 Å². The Kier molecular flexibility index (Phi) is 7.24. The van der Waals surface area contributed by atoms with Crippen molar-refractivity contribution < 1.29 is 14.4 Å². The zero-order valence-corrected chi connectivity index (χ0v) is 16.0. The smallest absolute Gasteiger partial charge is 0.225 e. The summed E-state index contributed by atoms with van der Waals surface area (Å²) in [5.74, 6) is -0.243. The maximum Gasteiger partial charge on any atom is 0.225 e. The topological polar surface area (TPSA) is 69.7 Å². The largest absolute Gasteiger partial charge is 0.355 e. The first kappa shape index (κ1) is 20.5. The Morgan fingerprint density at radius 3 is 1.92 bits per heavy atom. The summed E-state index contributed by atoms with van der Waals surface area (Å²) in [6, 6.07) is 0. The molecule has 24 heavy (non-hydrogen) atoms. The van der Waals surface area contributed by atoms with Gasteiger partial charge in [-0.1, -0.05) is 34.6 Å². The maximum absolute atomic E-state index is 12.5. The van der Waals surface area contributed by atoms with Gasteiger partial charge in [0.05, 0.1) is 0 Å². The highest BCUT2D eigenvalue weighted by molar-refractivity contribution is 5.82. The Balaban J connectivity index is 2.43. The molecule has 1 saturated heterocycles. The summed E-state index contributed by atoms with van der Waals surface area (Å²) in [5.41, 5.74) is 0.0488. The maximum atomic E-state index is 12.5. The molecule has 6 nitrogen and oxygen atoms in total. The van der Waals surface area contributed by atoms with E-state index in [0.717, 1.165) is 0 Å².